The van der Waals surface area contributed by atoms with E-state index in [1.54, 1.807) is 0 Å². The maximum atomic E-state index is 13.5. The fourth-order valence-corrected chi connectivity index (χ4v) is 3.08. The minimum Gasteiger partial charge on any atom is -0.383 e. The first-order chi connectivity index (χ1) is 9.25. The summed E-state index contributed by atoms with van der Waals surface area (Å²) < 4.78 is 66.0. The zero-order valence-corrected chi connectivity index (χ0v) is 11.5. The minimum atomic E-state index is -2.30. The average Bonchev–Trinajstić information content (AvgIpc) is 2.73. The molecule has 1 aromatic heterocycles. The standard InChI is InChI=1S/C11H3Cl2F5OS/c12-3-1-2(11(13)20-3)10(19)4-5(14)7(16)9(18)8(17)6(4)15/h1,10,19H. The summed E-state index contributed by atoms with van der Waals surface area (Å²) in [7, 11) is 0. The maximum absolute atomic E-state index is 13.5. The quantitative estimate of drug-likeness (QED) is 0.468. The summed E-state index contributed by atoms with van der Waals surface area (Å²) in [6.07, 6.45) is -2.13. The Morgan fingerprint density at radius 3 is 1.75 bits per heavy atom. The average molecular weight is 349 g/mol. The molecule has 0 aliphatic carbocycles. The van der Waals surface area contributed by atoms with Gasteiger partial charge in [0.05, 0.1) is 9.90 Å². The lowest BCUT2D eigenvalue weighted by molar-refractivity contribution is 0.203. The van der Waals surface area contributed by atoms with Gasteiger partial charge in [-0.1, -0.05) is 23.2 Å². The first-order valence-electron chi connectivity index (χ1n) is 4.89. The largest absolute Gasteiger partial charge is 0.383 e. The van der Waals surface area contributed by atoms with Gasteiger partial charge in [-0.25, -0.2) is 22.0 Å². The predicted octanol–water partition coefficient (Wildman–Crippen LogP) is 4.83. The van der Waals surface area contributed by atoms with Crippen molar-refractivity contribution < 1.29 is 27.1 Å². The van der Waals surface area contributed by atoms with E-state index in [9.17, 15) is 27.1 Å². The third kappa shape index (κ3) is 2.39. The Morgan fingerprint density at radius 2 is 1.35 bits per heavy atom. The topological polar surface area (TPSA) is 20.2 Å². The number of hydrogen-bond donors (Lipinski definition) is 1. The van der Waals surface area contributed by atoms with Gasteiger partial charge in [0.15, 0.2) is 23.3 Å². The molecular formula is C11H3Cl2F5OS. The van der Waals surface area contributed by atoms with Crippen molar-refractivity contribution in [3.8, 4) is 0 Å². The zero-order chi connectivity index (χ0) is 15.2. The summed E-state index contributed by atoms with van der Waals surface area (Å²) in [6.45, 7) is 0. The van der Waals surface area contributed by atoms with E-state index in [2.05, 4.69) is 0 Å². The second-order valence-electron chi connectivity index (χ2n) is 3.67. The Kier molecular flexibility index (Phi) is 4.24. The predicted molar refractivity (Wildman–Crippen MR) is 64.6 cm³/mol. The van der Waals surface area contributed by atoms with Crippen molar-refractivity contribution in [1.29, 1.82) is 0 Å². The van der Waals surface area contributed by atoms with Crippen LogP contribution in [0.4, 0.5) is 22.0 Å². The van der Waals surface area contributed by atoms with E-state index in [1.807, 2.05) is 0 Å². The molecule has 0 spiro atoms. The third-order valence-electron chi connectivity index (χ3n) is 2.49. The molecule has 1 aromatic carbocycles. The molecule has 0 saturated carbocycles. The molecule has 0 aliphatic heterocycles. The van der Waals surface area contributed by atoms with Gasteiger partial charge in [0.2, 0.25) is 5.82 Å². The lowest BCUT2D eigenvalue weighted by Crippen LogP contribution is -2.12. The molecule has 1 atom stereocenters. The SMILES string of the molecule is OC(c1cc(Cl)sc1Cl)c1c(F)c(F)c(F)c(F)c1F. The van der Waals surface area contributed by atoms with E-state index in [4.69, 9.17) is 23.2 Å². The highest BCUT2D eigenvalue weighted by atomic mass is 35.5. The van der Waals surface area contributed by atoms with Gasteiger partial charge in [-0.05, 0) is 6.07 Å². The number of hydrogen-bond acceptors (Lipinski definition) is 2. The monoisotopic (exact) mass is 348 g/mol. The molecule has 1 nitrogen and oxygen atoms in total. The molecule has 0 radical (unpaired) electrons. The normalized spacial score (nSPS) is 12.8. The van der Waals surface area contributed by atoms with Crippen LogP contribution in [0.2, 0.25) is 8.67 Å². The summed E-state index contributed by atoms with van der Waals surface area (Å²) in [5.74, 6) is -10.8. The summed E-state index contributed by atoms with van der Waals surface area (Å²) in [5.41, 5.74) is -1.62. The molecule has 0 amide bonds. The molecule has 2 rings (SSSR count). The van der Waals surface area contributed by atoms with Crippen molar-refractivity contribution in [3.05, 3.63) is 55.0 Å². The molecule has 9 heteroatoms. The molecule has 1 N–H and O–H groups in total. The van der Waals surface area contributed by atoms with Crippen LogP contribution in [0.15, 0.2) is 6.07 Å². The van der Waals surface area contributed by atoms with Crippen LogP contribution in [0, 0.1) is 29.1 Å². The van der Waals surface area contributed by atoms with Crippen LogP contribution >= 0.6 is 34.5 Å². The summed E-state index contributed by atoms with van der Waals surface area (Å²) in [6, 6.07) is 1.08. The molecule has 0 aliphatic rings. The van der Waals surface area contributed by atoms with E-state index < -0.39 is 40.8 Å². The maximum Gasteiger partial charge on any atom is 0.200 e. The number of rotatable bonds is 2. The molecule has 108 valence electrons. The van der Waals surface area contributed by atoms with Crippen molar-refractivity contribution in [2.24, 2.45) is 0 Å². The van der Waals surface area contributed by atoms with Gasteiger partial charge in [0, 0.05) is 5.56 Å². The first kappa shape index (κ1) is 15.5. The molecular weight excluding hydrogens is 346 g/mol. The van der Waals surface area contributed by atoms with Gasteiger partial charge in [-0.3, -0.25) is 0 Å². The van der Waals surface area contributed by atoms with E-state index in [-0.39, 0.29) is 14.2 Å². The van der Waals surface area contributed by atoms with Gasteiger partial charge < -0.3 is 5.11 Å². The molecule has 20 heavy (non-hydrogen) atoms. The number of benzene rings is 1. The second-order valence-corrected chi connectivity index (χ2v) is 5.95. The third-order valence-corrected chi connectivity index (χ3v) is 4.01. The molecule has 0 bridgehead atoms. The summed E-state index contributed by atoms with van der Waals surface area (Å²) in [4.78, 5) is 0. The summed E-state index contributed by atoms with van der Waals surface area (Å²) >= 11 is 12.0. The van der Waals surface area contributed by atoms with E-state index in [0.717, 1.165) is 17.4 Å². The molecule has 0 saturated heterocycles. The van der Waals surface area contributed by atoms with Crippen LogP contribution in [0.1, 0.15) is 17.2 Å². The lowest BCUT2D eigenvalue weighted by Gasteiger charge is -2.13. The Labute approximate surface area is 123 Å². The Bertz CT molecular complexity index is 659. The Balaban J connectivity index is 2.67. The van der Waals surface area contributed by atoms with Crippen molar-refractivity contribution >= 4 is 34.5 Å². The first-order valence-corrected chi connectivity index (χ1v) is 6.47. The Hall–Kier alpha value is -0.890. The van der Waals surface area contributed by atoms with Gasteiger partial charge >= 0.3 is 0 Å². The highest BCUT2D eigenvalue weighted by Gasteiger charge is 2.31. The van der Waals surface area contributed by atoms with Crippen molar-refractivity contribution in [2.75, 3.05) is 0 Å². The number of aliphatic hydroxyl groups excluding tert-OH is 1. The summed E-state index contributed by atoms with van der Waals surface area (Å²) in [5, 5.41) is 9.82. The van der Waals surface area contributed by atoms with Gasteiger partial charge in [-0.2, -0.15) is 0 Å². The fourth-order valence-electron chi connectivity index (χ4n) is 1.56. The highest BCUT2D eigenvalue weighted by molar-refractivity contribution is 7.20. The molecule has 2 aromatic rings. The van der Waals surface area contributed by atoms with E-state index >= 15 is 0 Å². The molecule has 0 fully saturated rings. The molecule has 1 heterocycles. The number of thiophene rings is 1. The smallest absolute Gasteiger partial charge is 0.200 e. The fraction of sp³-hybridized carbons (Fsp3) is 0.0909. The Morgan fingerprint density at radius 1 is 0.900 bits per heavy atom. The van der Waals surface area contributed by atoms with Gasteiger partial charge in [0.25, 0.3) is 0 Å². The minimum absolute atomic E-state index is 0.0907. The van der Waals surface area contributed by atoms with Crippen LogP contribution in [0.25, 0.3) is 0 Å². The number of halogens is 7. The van der Waals surface area contributed by atoms with Crippen LogP contribution in [-0.2, 0) is 0 Å². The van der Waals surface area contributed by atoms with Crippen molar-refractivity contribution in [1.82, 2.24) is 0 Å². The van der Waals surface area contributed by atoms with Crippen LogP contribution in [0.3, 0.4) is 0 Å². The van der Waals surface area contributed by atoms with Crippen LogP contribution in [-0.4, -0.2) is 5.11 Å². The van der Waals surface area contributed by atoms with Crippen LogP contribution < -0.4 is 0 Å². The molecule has 1 unspecified atom stereocenters. The lowest BCUT2D eigenvalue weighted by atomic mass is 10.0. The van der Waals surface area contributed by atoms with E-state index in [0.29, 0.717) is 0 Å². The zero-order valence-electron chi connectivity index (χ0n) is 9.16. The highest BCUT2D eigenvalue weighted by Crippen LogP contribution is 2.39. The van der Waals surface area contributed by atoms with Crippen molar-refractivity contribution in [3.63, 3.8) is 0 Å². The van der Waals surface area contributed by atoms with Gasteiger partial charge in [-0.15, -0.1) is 11.3 Å². The second kappa shape index (κ2) is 5.48. The van der Waals surface area contributed by atoms with Gasteiger partial charge in [0.1, 0.15) is 10.4 Å². The van der Waals surface area contributed by atoms with Crippen LogP contribution in [0.5, 0.6) is 0 Å². The number of aliphatic hydroxyl groups is 1. The van der Waals surface area contributed by atoms with E-state index in [1.165, 1.54) is 0 Å². The van der Waals surface area contributed by atoms with Crippen molar-refractivity contribution in [2.45, 2.75) is 6.10 Å².